The molecule has 10 nitrogen and oxygen atoms in total. The van der Waals surface area contributed by atoms with Crippen molar-refractivity contribution in [1.29, 1.82) is 5.26 Å². The number of ether oxygens (including phenoxy) is 2. The summed E-state index contributed by atoms with van der Waals surface area (Å²) in [6, 6.07) is 10.6. The molecular weight excluding hydrogens is 632 g/mol. The number of nitriles is 1. The SMILES string of the molecule is Cn1c(=O)n(C2CCC3(CC2)CN(C(=O)OC(C)(C)C)C3)c2c3c(-c4ccc(C#N)cc4)c(Cl)n(COCC[Si](C)(C)C)c3ncc21. The summed E-state index contributed by atoms with van der Waals surface area (Å²) in [5.41, 5.74) is 3.85. The molecule has 1 spiro atoms. The fourth-order valence-electron chi connectivity index (χ4n) is 7.07. The number of likely N-dealkylation sites (tertiary alicyclic amines) is 1. The minimum Gasteiger partial charge on any atom is -0.444 e. The van der Waals surface area contributed by atoms with Gasteiger partial charge in [0, 0.05) is 51.8 Å². The third kappa shape index (κ3) is 6.35. The zero-order valence-electron chi connectivity index (χ0n) is 28.5. The highest BCUT2D eigenvalue weighted by molar-refractivity contribution is 6.76. The molecule has 1 saturated carbocycles. The van der Waals surface area contributed by atoms with Gasteiger partial charge in [-0.3, -0.25) is 13.7 Å². The van der Waals surface area contributed by atoms with Crippen molar-refractivity contribution in [1.82, 2.24) is 23.6 Å². The summed E-state index contributed by atoms with van der Waals surface area (Å²) in [6.07, 6.45) is 5.00. The van der Waals surface area contributed by atoms with Crippen LogP contribution in [0.2, 0.25) is 30.8 Å². The first-order chi connectivity index (χ1) is 22.1. The minimum atomic E-state index is -1.29. The highest BCUT2D eigenvalue weighted by atomic mass is 35.5. The van der Waals surface area contributed by atoms with E-state index in [0.717, 1.165) is 59.3 Å². The molecule has 6 rings (SSSR count). The standard InChI is InChI=1S/C35H45ClN6O4Si/c1-34(2,3)46-33(44)40-20-35(21-40)14-12-25(13-15-35)42-29-26(39(4)32(42)43)19-38-31-28(29)27(24-10-8-23(18-37)9-11-24)30(36)41(31)22-45-16-17-47(5,6)7/h8-11,19,25H,12-17,20-22H2,1-7H3. The molecule has 1 amide bonds. The number of rotatable bonds is 7. The molecule has 250 valence electrons. The molecule has 3 aromatic heterocycles. The maximum atomic E-state index is 14.0. The molecule has 4 aromatic rings. The first-order valence-corrected chi connectivity index (χ1v) is 20.5. The van der Waals surface area contributed by atoms with Gasteiger partial charge in [-0.25, -0.2) is 14.6 Å². The van der Waals surface area contributed by atoms with E-state index in [0.29, 0.717) is 36.1 Å². The Balaban J connectivity index is 1.38. The van der Waals surface area contributed by atoms with Gasteiger partial charge >= 0.3 is 11.8 Å². The number of carbonyl (C=O) groups excluding carboxylic acids is 1. The minimum absolute atomic E-state index is 0.0121. The molecule has 2 fully saturated rings. The van der Waals surface area contributed by atoms with Gasteiger partial charge in [0.1, 0.15) is 23.1 Å². The van der Waals surface area contributed by atoms with Crippen LogP contribution in [0.3, 0.4) is 0 Å². The third-order valence-corrected chi connectivity index (χ3v) is 11.8. The largest absolute Gasteiger partial charge is 0.444 e. The lowest BCUT2D eigenvalue weighted by atomic mass is 9.67. The van der Waals surface area contributed by atoms with Gasteiger partial charge in [0.2, 0.25) is 0 Å². The Morgan fingerprint density at radius 2 is 1.81 bits per heavy atom. The van der Waals surface area contributed by atoms with Crippen LogP contribution in [0.1, 0.15) is 58.1 Å². The molecule has 0 unspecified atom stereocenters. The van der Waals surface area contributed by atoms with Crippen LogP contribution >= 0.6 is 11.6 Å². The number of nitrogens with zero attached hydrogens (tertiary/aromatic N) is 6. The molecule has 12 heteroatoms. The Hall–Kier alpha value is -3.59. The zero-order valence-corrected chi connectivity index (χ0v) is 30.3. The highest BCUT2D eigenvalue weighted by Gasteiger charge is 2.48. The molecule has 0 N–H and O–H groups in total. The number of halogens is 1. The summed E-state index contributed by atoms with van der Waals surface area (Å²) in [4.78, 5) is 33.3. The number of pyridine rings is 1. The predicted octanol–water partition coefficient (Wildman–Crippen LogP) is 7.55. The lowest BCUT2D eigenvalue weighted by molar-refractivity contribution is -0.0533. The summed E-state index contributed by atoms with van der Waals surface area (Å²) in [5.74, 6) is 0. The van der Waals surface area contributed by atoms with Crippen LogP contribution in [0.15, 0.2) is 35.3 Å². The van der Waals surface area contributed by atoms with Crippen LogP contribution in [0.25, 0.3) is 33.2 Å². The Bertz CT molecular complexity index is 1920. The summed E-state index contributed by atoms with van der Waals surface area (Å²) in [6.45, 7) is 14.9. The van der Waals surface area contributed by atoms with Gasteiger partial charge in [0.25, 0.3) is 0 Å². The van der Waals surface area contributed by atoms with E-state index in [1.165, 1.54) is 0 Å². The Labute approximate surface area is 281 Å². The van der Waals surface area contributed by atoms with E-state index in [4.69, 9.17) is 26.1 Å². The van der Waals surface area contributed by atoms with E-state index in [9.17, 15) is 14.9 Å². The third-order valence-electron chi connectivity index (χ3n) is 9.66. The number of hydrogen-bond acceptors (Lipinski definition) is 6. The average Bonchev–Trinajstić information content (AvgIpc) is 3.41. The zero-order chi connectivity index (χ0) is 33.9. The van der Waals surface area contributed by atoms with E-state index in [1.54, 1.807) is 34.8 Å². The van der Waals surface area contributed by atoms with Crippen LogP contribution in [-0.2, 0) is 23.3 Å². The van der Waals surface area contributed by atoms with E-state index in [-0.39, 0.29) is 30.0 Å². The predicted molar refractivity (Wildman–Crippen MR) is 187 cm³/mol. The van der Waals surface area contributed by atoms with Gasteiger partial charge in [-0.2, -0.15) is 5.26 Å². The van der Waals surface area contributed by atoms with Crippen molar-refractivity contribution in [2.75, 3.05) is 19.7 Å². The average molecular weight is 677 g/mol. The summed E-state index contributed by atoms with van der Waals surface area (Å²) < 4.78 is 17.3. The van der Waals surface area contributed by atoms with Crippen LogP contribution in [0, 0.1) is 16.7 Å². The molecule has 4 heterocycles. The molecule has 47 heavy (non-hydrogen) atoms. The number of aromatic nitrogens is 4. The van der Waals surface area contributed by atoms with Gasteiger partial charge in [-0.1, -0.05) is 43.4 Å². The number of fused-ring (bicyclic) bond motifs is 3. The van der Waals surface area contributed by atoms with Gasteiger partial charge in [0.05, 0.1) is 34.2 Å². The van der Waals surface area contributed by atoms with Crippen molar-refractivity contribution >= 4 is 47.8 Å². The molecule has 2 aliphatic rings. The Kier molecular flexibility index (Phi) is 8.60. The summed E-state index contributed by atoms with van der Waals surface area (Å²) in [5, 5.41) is 10.7. The van der Waals surface area contributed by atoms with Crippen molar-refractivity contribution in [3.63, 3.8) is 0 Å². The molecular formula is C35H45ClN6O4Si. The van der Waals surface area contributed by atoms with Crippen LogP contribution < -0.4 is 5.69 Å². The molecule has 1 saturated heterocycles. The van der Waals surface area contributed by atoms with Crippen molar-refractivity contribution in [2.24, 2.45) is 12.5 Å². The van der Waals surface area contributed by atoms with Crippen LogP contribution in [0.4, 0.5) is 4.79 Å². The first-order valence-electron chi connectivity index (χ1n) is 16.5. The second-order valence-electron chi connectivity index (χ2n) is 15.6. The van der Waals surface area contributed by atoms with Crippen molar-refractivity contribution in [3.05, 3.63) is 51.7 Å². The molecule has 0 bridgehead atoms. The fraction of sp³-hybridized carbons (Fsp3) is 0.543. The maximum absolute atomic E-state index is 14.0. The van der Waals surface area contributed by atoms with E-state index >= 15 is 0 Å². The van der Waals surface area contributed by atoms with Crippen LogP contribution in [-0.4, -0.2) is 63.0 Å². The smallest absolute Gasteiger partial charge is 0.410 e. The van der Waals surface area contributed by atoms with Crippen molar-refractivity contribution in [2.45, 2.75) is 90.5 Å². The van der Waals surface area contributed by atoms with Crippen molar-refractivity contribution in [3.8, 4) is 17.2 Å². The number of aryl methyl sites for hydroxylation is 1. The number of amides is 1. The maximum Gasteiger partial charge on any atom is 0.410 e. The number of hydrogen-bond donors (Lipinski definition) is 0. The molecule has 0 atom stereocenters. The van der Waals surface area contributed by atoms with Gasteiger partial charge < -0.3 is 14.4 Å². The lowest BCUT2D eigenvalue weighted by Gasteiger charge is -2.53. The van der Waals surface area contributed by atoms with Gasteiger partial charge in [-0.05, 0) is 70.2 Å². The summed E-state index contributed by atoms with van der Waals surface area (Å²) >= 11 is 7.21. The number of carbonyl (C=O) groups is 1. The lowest BCUT2D eigenvalue weighted by Crippen LogP contribution is -2.60. The topological polar surface area (TPSA) is 107 Å². The second-order valence-corrected chi connectivity index (χ2v) is 21.6. The molecule has 1 aliphatic heterocycles. The van der Waals surface area contributed by atoms with E-state index in [2.05, 4.69) is 25.7 Å². The number of benzene rings is 1. The van der Waals surface area contributed by atoms with Crippen molar-refractivity contribution < 1.29 is 14.3 Å². The molecule has 1 aliphatic carbocycles. The number of imidazole rings is 1. The fourth-order valence-corrected chi connectivity index (χ4v) is 8.16. The first kappa shape index (κ1) is 33.3. The quantitative estimate of drug-likeness (QED) is 0.148. The van der Waals surface area contributed by atoms with Gasteiger partial charge in [-0.15, -0.1) is 0 Å². The van der Waals surface area contributed by atoms with E-state index < -0.39 is 13.7 Å². The monoisotopic (exact) mass is 676 g/mol. The Morgan fingerprint density at radius 3 is 2.40 bits per heavy atom. The summed E-state index contributed by atoms with van der Waals surface area (Å²) in [7, 11) is 0.505. The van der Waals surface area contributed by atoms with E-state index in [1.807, 2.05) is 42.0 Å². The molecule has 1 aromatic carbocycles. The Morgan fingerprint density at radius 1 is 1.15 bits per heavy atom. The molecule has 0 radical (unpaired) electrons. The highest BCUT2D eigenvalue weighted by Crippen LogP contribution is 2.48. The van der Waals surface area contributed by atoms with Crippen LogP contribution in [0.5, 0.6) is 0 Å². The second kappa shape index (κ2) is 12.1. The van der Waals surface area contributed by atoms with Gasteiger partial charge in [0.15, 0.2) is 0 Å². The normalized spacial score (nSPS) is 17.0.